The molecule has 0 aliphatic carbocycles. The van der Waals surface area contributed by atoms with E-state index in [-0.39, 0.29) is 18.6 Å². The van der Waals surface area contributed by atoms with E-state index in [1.165, 1.54) is 0 Å². The highest BCUT2D eigenvalue weighted by Crippen LogP contribution is 2.36. The molecule has 0 aromatic heterocycles. The number of carboxylic acids is 1. The summed E-state index contributed by atoms with van der Waals surface area (Å²) >= 11 is 0. The summed E-state index contributed by atoms with van der Waals surface area (Å²) in [6, 6.07) is 1.08. The molecule has 1 aliphatic heterocycles. The Labute approximate surface area is 130 Å². The SMILES string of the molecule is O=C(O)/C=C\N1CNC(c2cc(C(F)(F)F)cc(C(F)(F)F)c2)=N1. The minimum atomic E-state index is -4.96. The molecule has 2 N–H and O–H groups in total. The quantitative estimate of drug-likeness (QED) is 0.648. The van der Waals surface area contributed by atoms with E-state index in [2.05, 4.69) is 10.4 Å². The van der Waals surface area contributed by atoms with E-state index < -0.39 is 35.0 Å². The summed E-state index contributed by atoms with van der Waals surface area (Å²) in [5.74, 6) is -1.52. The topological polar surface area (TPSA) is 64.9 Å². The number of halogens is 6. The molecule has 0 saturated heterocycles. The smallest absolute Gasteiger partial charge is 0.416 e. The first-order valence-corrected chi connectivity index (χ1v) is 6.27. The first-order chi connectivity index (χ1) is 11.0. The number of aliphatic carboxylic acids is 1. The molecule has 1 aromatic carbocycles. The number of benzene rings is 1. The number of carboxylic acid groups (broad SMARTS) is 1. The number of nitrogens with one attached hydrogen (secondary N) is 1. The zero-order valence-electron chi connectivity index (χ0n) is 11.6. The van der Waals surface area contributed by atoms with Crippen molar-refractivity contribution in [1.82, 2.24) is 10.3 Å². The van der Waals surface area contributed by atoms with Gasteiger partial charge in [0, 0.05) is 17.8 Å². The molecule has 1 heterocycles. The van der Waals surface area contributed by atoms with Gasteiger partial charge in [-0.05, 0) is 18.2 Å². The number of rotatable bonds is 3. The summed E-state index contributed by atoms with van der Waals surface area (Å²) in [6.07, 6.45) is -8.18. The van der Waals surface area contributed by atoms with Crippen LogP contribution < -0.4 is 5.32 Å². The molecule has 5 nitrogen and oxygen atoms in total. The largest absolute Gasteiger partial charge is 0.478 e. The first kappa shape index (κ1) is 17.6. The Kier molecular flexibility index (Phi) is 4.45. The minimum absolute atomic E-state index is 0.0150. The van der Waals surface area contributed by atoms with Crippen molar-refractivity contribution in [2.75, 3.05) is 6.67 Å². The Bertz CT molecular complexity index is 676. The predicted octanol–water partition coefficient (Wildman–Crippen LogP) is 2.85. The molecule has 0 fully saturated rings. The summed E-state index contributed by atoms with van der Waals surface area (Å²) < 4.78 is 76.8. The monoisotopic (exact) mass is 353 g/mol. The Balaban J connectivity index is 2.43. The minimum Gasteiger partial charge on any atom is -0.478 e. The first-order valence-electron chi connectivity index (χ1n) is 6.27. The van der Waals surface area contributed by atoms with Crippen LogP contribution in [0.5, 0.6) is 0 Å². The highest BCUT2D eigenvalue weighted by molar-refractivity contribution is 5.99. The lowest BCUT2D eigenvalue weighted by atomic mass is 10.0. The highest BCUT2D eigenvalue weighted by Gasteiger charge is 2.37. The van der Waals surface area contributed by atoms with Gasteiger partial charge in [-0.15, -0.1) is 0 Å². The van der Waals surface area contributed by atoms with Crippen LogP contribution >= 0.6 is 0 Å². The van der Waals surface area contributed by atoms with Gasteiger partial charge in [0.25, 0.3) is 0 Å². The lowest BCUT2D eigenvalue weighted by molar-refractivity contribution is -0.143. The zero-order chi connectivity index (χ0) is 18.1. The molecule has 1 aromatic rings. The molecular weight excluding hydrogens is 344 g/mol. The van der Waals surface area contributed by atoms with E-state index in [4.69, 9.17) is 5.11 Å². The van der Waals surface area contributed by atoms with Crippen molar-refractivity contribution in [3.63, 3.8) is 0 Å². The van der Waals surface area contributed by atoms with Gasteiger partial charge in [0.1, 0.15) is 6.67 Å². The Morgan fingerprint density at radius 1 is 1.12 bits per heavy atom. The highest BCUT2D eigenvalue weighted by atomic mass is 19.4. The molecule has 1 aliphatic rings. The third-order valence-corrected chi connectivity index (χ3v) is 2.89. The van der Waals surface area contributed by atoms with E-state index in [1.54, 1.807) is 0 Å². The fourth-order valence-corrected chi connectivity index (χ4v) is 1.84. The van der Waals surface area contributed by atoms with Crippen molar-refractivity contribution >= 4 is 11.8 Å². The maximum atomic E-state index is 12.8. The van der Waals surface area contributed by atoms with Crippen LogP contribution in [0, 0.1) is 0 Å². The number of hydrogen-bond donors (Lipinski definition) is 2. The van der Waals surface area contributed by atoms with Gasteiger partial charge < -0.3 is 10.4 Å². The average Bonchev–Trinajstić information content (AvgIpc) is 2.91. The average molecular weight is 353 g/mol. The third kappa shape index (κ3) is 4.18. The van der Waals surface area contributed by atoms with Gasteiger partial charge in [0.2, 0.25) is 0 Å². The molecule has 0 saturated carbocycles. The van der Waals surface area contributed by atoms with Crippen LogP contribution in [0.3, 0.4) is 0 Å². The molecule has 0 unspecified atom stereocenters. The van der Waals surface area contributed by atoms with Gasteiger partial charge in [-0.3, -0.25) is 5.01 Å². The standard InChI is InChI=1S/C13H9F6N3O2/c14-12(15,16)8-3-7(4-9(5-8)13(17,18)19)11-20-6-22(21-11)2-1-10(23)24/h1-5H,6H2,(H,20,21)(H,23,24)/b2-1-. The van der Waals surface area contributed by atoms with Gasteiger partial charge in [-0.2, -0.15) is 31.4 Å². The van der Waals surface area contributed by atoms with E-state index in [0.717, 1.165) is 17.3 Å². The molecule has 0 spiro atoms. The molecule has 0 bridgehead atoms. The molecule has 0 amide bonds. The second kappa shape index (κ2) is 6.06. The van der Waals surface area contributed by atoms with Crippen LogP contribution in [0.2, 0.25) is 0 Å². The maximum absolute atomic E-state index is 12.8. The maximum Gasteiger partial charge on any atom is 0.416 e. The molecule has 11 heteroatoms. The Morgan fingerprint density at radius 3 is 2.12 bits per heavy atom. The van der Waals surface area contributed by atoms with Crippen molar-refractivity contribution in [2.45, 2.75) is 12.4 Å². The van der Waals surface area contributed by atoms with Crippen LogP contribution in [0.4, 0.5) is 26.3 Å². The number of hydrogen-bond acceptors (Lipinski definition) is 4. The summed E-state index contributed by atoms with van der Waals surface area (Å²) in [5, 5.41) is 15.7. The third-order valence-electron chi connectivity index (χ3n) is 2.89. The normalized spacial score (nSPS) is 15.6. The molecular formula is C13H9F6N3O2. The van der Waals surface area contributed by atoms with Crippen molar-refractivity contribution < 1.29 is 36.2 Å². The lowest BCUT2D eigenvalue weighted by Crippen LogP contribution is -2.23. The summed E-state index contributed by atoms with van der Waals surface area (Å²) in [4.78, 5) is 10.4. The summed E-state index contributed by atoms with van der Waals surface area (Å²) in [5.41, 5.74) is -3.34. The predicted molar refractivity (Wildman–Crippen MR) is 69.6 cm³/mol. The number of amidine groups is 1. The molecule has 24 heavy (non-hydrogen) atoms. The van der Waals surface area contributed by atoms with Gasteiger partial charge in [0.05, 0.1) is 11.1 Å². The summed E-state index contributed by atoms with van der Waals surface area (Å²) in [6.45, 7) is -0.100. The zero-order valence-corrected chi connectivity index (χ0v) is 11.6. The van der Waals surface area contributed by atoms with Crippen LogP contribution in [-0.4, -0.2) is 28.6 Å². The Hall–Kier alpha value is -2.72. The van der Waals surface area contributed by atoms with Crippen LogP contribution in [0.15, 0.2) is 35.6 Å². The van der Waals surface area contributed by atoms with Gasteiger partial charge in [-0.25, -0.2) is 4.79 Å². The van der Waals surface area contributed by atoms with E-state index >= 15 is 0 Å². The van der Waals surface area contributed by atoms with Gasteiger partial charge >= 0.3 is 18.3 Å². The fourth-order valence-electron chi connectivity index (χ4n) is 1.84. The van der Waals surface area contributed by atoms with Crippen molar-refractivity contribution in [2.24, 2.45) is 5.10 Å². The second-order valence-electron chi connectivity index (χ2n) is 4.67. The second-order valence-corrected chi connectivity index (χ2v) is 4.67. The number of nitrogens with zero attached hydrogens (tertiary/aromatic N) is 2. The molecule has 130 valence electrons. The van der Waals surface area contributed by atoms with Gasteiger partial charge in [0.15, 0.2) is 5.84 Å². The van der Waals surface area contributed by atoms with E-state index in [1.807, 2.05) is 0 Å². The molecule has 0 atom stereocenters. The van der Waals surface area contributed by atoms with Gasteiger partial charge in [-0.1, -0.05) is 0 Å². The molecule has 2 rings (SSSR count). The van der Waals surface area contributed by atoms with Crippen molar-refractivity contribution in [3.05, 3.63) is 47.2 Å². The van der Waals surface area contributed by atoms with Crippen LogP contribution in [0.25, 0.3) is 0 Å². The van der Waals surface area contributed by atoms with Crippen LogP contribution in [-0.2, 0) is 17.1 Å². The number of carbonyl (C=O) groups is 1. The van der Waals surface area contributed by atoms with E-state index in [9.17, 15) is 31.1 Å². The van der Waals surface area contributed by atoms with E-state index in [0.29, 0.717) is 12.1 Å². The van der Waals surface area contributed by atoms with Crippen molar-refractivity contribution in [3.8, 4) is 0 Å². The van der Waals surface area contributed by atoms with Crippen LogP contribution in [0.1, 0.15) is 16.7 Å². The summed E-state index contributed by atoms with van der Waals surface area (Å²) in [7, 11) is 0. The number of hydrazone groups is 1. The molecule has 0 radical (unpaired) electrons. The fraction of sp³-hybridized carbons (Fsp3) is 0.231. The Morgan fingerprint density at radius 2 is 1.67 bits per heavy atom. The lowest BCUT2D eigenvalue weighted by Gasteiger charge is -2.14. The van der Waals surface area contributed by atoms with Crippen molar-refractivity contribution in [1.29, 1.82) is 0 Å². The number of alkyl halides is 6.